The van der Waals surface area contributed by atoms with Crippen molar-refractivity contribution in [2.45, 2.75) is 13.2 Å². The molecule has 0 radical (unpaired) electrons. The van der Waals surface area contributed by atoms with Gasteiger partial charge in [0.2, 0.25) is 0 Å². The Kier molecular flexibility index (Phi) is 5.58. The molecule has 0 bridgehead atoms. The third-order valence-corrected chi connectivity index (χ3v) is 4.75. The molecule has 0 aliphatic carbocycles. The summed E-state index contributed by atoms with van der Waals surface area (Å²) in [6, 6.07) is 14.3. The quantitative estimate of drug-likeness (QED) is 0.479. The Labute approximate surface area is 177 Å². The Morgan fingerprint density at radius 1 is 1.23 bits per heavy atom. The zero-order valence-electron chi connectivity index (χ0n) is 16.4. The number of hydrogen-bond donors (Lipinski definition) is 1. The molecule has 0 atom stereocenters. The number of nitrogens with zero attached hydrogens (tertiary/aromatic N) is 3. The van der Waals surface area contributed by atoms with Crippen molar-refractivity contribution in [2.24, 2.45) is 0 Å². The lowest BCUT2D eigenvalue weighted by Gasteiger charge is -2.13. The first-order valence-electron chi connectivity index (χ1n) is 9.14. The van der Waals surface area contributed by atoms with E-state index in [0.717, 1.165) is 11.0 Å². The average Bonchev–Trinajstić information content (AvgIpc) is 3.38. The van der Waals surface area contributed by atoms with E-state index in [1.165, 1.54) is 4.90 Å². The Bertz CT molecular complexity index is 1150. The number of hydrogen-bond acceptors (Lipinski definition) is 6. The molecule has 0 aliphatic heterocycles. The predicted molar refractivity (Wildman–Crippen MR) is 111 cm³/mol. The van der Waals surface area contributed by atoms with Gasteiger partial charge >= 0.3 is 0 Å². The molecule has 9 heteroatoms. The number of amides is 1. The SMILES string of the molecule is COc1ccc(OCc2cc(C(=O)N(C)Cc3nc4ccccc4[nH]3)no2)c(Cl)c1. The maximum Gasteiger partial charge on any atom is 0.276 e. The number of benzene rings is 2. The van der Waals surface area contributed by atoms with Crippen molar-refractivity contribution in [3.8, 4) is 11.5 Å². The van der Waals surface area contributed by atoms with Gasteiger partial charge < -0.3 is 23.9 Å². The lowest BCUT2D eigenvalue weighted by atomic mass is 10.3. The van der Waals surface area contributed by atoms with E-state index in [0.29, 0.717) is 34.7 Å². The van der Waals surface area contributed by atoms with Crippen molar-refractivity contribution in [2.75, 3.05) is 14.2 Å². The highest BCUT2D eigenvalue weighted by molar-refractivity contribution is 6.32. The standard InChI is InChI=1S/C21H19ClN4O4/c1-26(11-20-23-16-5-3-4-6-17(16)24-20)21(27)18-10-14(30-25-18)12-29-19-8-7-13(28-2)9-15(19)22/h3-10H,11-12H2,1-2H3,(H,23,24). The Morgan fingerprint density at radius 3 is 2.83 bits per heavy atom. The van der Waals surface area contributed by atoms with Crippen LogP contribution in [0.5, 0.6) is 11.5 Å². The zero-order chi connectivity index (χ0) is 21.1. The van der Waals surface area contributed by atoms with Gasteiger partial charge in [0, 0.05) is 19.2 Å². The summed E-state index contributed by atoms with van der Waals surface area (Å²) in [4.78, 5) is 21.9. The largest absolute Gasteiger partial charge is 0.497 e. The number of carbonyl (C=O) groups is 1. The van der Waals surface area contributed by atoms with Crippen molar-refractivity contribution < 1.29 is 18.8 Å². The molecule has 1 N–H and O–H groups in total. The van der Waals surface area contributed by atoms with E-state index < -0.39 is 0 Å². The van der Waals surface area contributed by atoms with Gasteiger partial charge in [0.25, 0.3) is 5.91 Å². The van der Waals surface area contributed by atoms with Gasteiger partial charge in [-0.15, -0.1) is 0 Å². The van der Waals surface area contributed by atoms with Gasteiger partial charge in [-0.05, 0) is 24.3 Å². The number of carbonyl (C=O) groups excluding carboxylic acids is 1. The number of methoxy groups -OCH3 is 1. The molecule has 0 saturated carbocycles. The van der Waals surface area contributed by atoms with Crippen LogP contribution < -0.4 is 9.47 Å². The molecule has 0 saturated heterocycles. The molecule has 0 spiro atoms. The molecule has 2 aromatic heterocycles. The second-order valence-corrected chi connectivity index (χ2v) is 7.03. The van der Waals surface area contributed by atoms with Crippen LogP contribution in [0.3, 0.4) is 0 Å². The molecule has 4 aromatic rings. The van der Waals surface area contributed by atoms with E-state index in [1.807, 2.05) is 24.3 Å². The zero-order valence-corrected chi connectivity index (χ0v) is 17.1. The Morgan fingerprint density at radius 2 is 2.07 bits per heavy atom. The van der Waals surface area contributed by atoms with E-state index in [-0.39, 0.29) is 18.2 Å². The van der Waals surface area contributed by atoms with Crippen molar-refractivity contribution in [3.63, 3.8) is 0 Å². The number of fused-ring (bicyclic) bond motifs is 1. The van der Waals surface area contributed by atoms with Crippen molar-refractivity contribution in [3.05, 3.63) is 70.8 Å². The third kappa shape index (κ3) is 4.23. The van der Waals surface area contributed by atoms with Gasteiger partial charge in [0.15, 0.2) is 11.5 Å². The van der Waals surface area contributed by atoms with Gasteiger partial charge in [0.05, 0.1) is 29.7 Å². The average molecular weight is 427 g/mol. The fraction of sp³-hybridized carbons (Fsp3) is 0.190. The first-order chi connectivity index (χ1) is 14.5. The lowest BCUT2D eigenvalue weighted by molar-refractivity contribution is 0.0771. The second-order valence-electron chi connectivity index (χ2n) is 6.63. The minimum Gasteiger partial charge on any atom is -0.497 e. The number of halogens is 1. The number of aromatic amines is 1. The van der Waals surface area contributed by atoms with E-state index in [1.54, 1.807) is 38.4 Å². The number of para-hydroxylation sites is 2. The summed E-state index contributed by atoms with van der Waals surface area (Å²) in [6.07, 6.45) is 0. The molecule has 0 aliphatic rings. The number of H-pyrrole nitrogens is 1. The van der Waals surface area contributed by atoms with Crippen molar-refractivity contribution in [1.82, 2.24) is 20.0 Å². The Hall–Kier alpha value is -3.52. The summed E-state index contributed by atoms with van der Waals surface area (Å²) in [5.74, 6) is 1.92. The molecule has 4 rings (SSSR count). The van der Waals surface area contributed by atoms with Crippen LogP contribution >= 0.6 is 11.6 Å². The summed E-state index contributed by atoms with van der Waals surface area (Å²) in [5.41, 5.74) is 1.96. The number of ether oxygens (including phenoxy) is 2. The van der Waals surface area contributed by atoms with Crippen LogP contribution in [0.4, 0.5) is 0 Å². The first-order valence-corrected chi connectivity index (χ1v) is 9.52. The number of rotatable bonds is 7. The van der Waals surface area contributed by atoms with Crippen LogP contribution in [-0.2, 0) is 13.2 Å². The number of imidazole rings is 1. The monoisotopic (exact) mass is 426 g/mol. The predicted octanol–water partition coefficient (Wildman–Crippen LogP) is 4.06. The molecule has 2 heterocycles. The van der Waals surface area contributed by atoms with E-state index >= 15 is 0 Å². The second kappa shape index (κ2) is 8.46. The summed E-state index contributed by atoms with van der Waals surface area (Å²) in [5, 5.41) is 4.27. The van der Waals surface area contributed by atoms with Gasteiger partial charge in [0.1, 0.15) is 23.9 Å². The summed E-state index contributed by atoms with van der Waals surface area (Å²) < 4.78 is 16.0. The van der Waals surface area contributed by atoms with Crippen LogP contribution in [0.25, 0.3) is 11.0 Å². The van der Waals surface area contributed by atoms with Gasteiger partial charge in [-0.2, -0.15) is 0 Å². The summed E-state index contributed by atoms with van der Waals surface area (Å²) >= 11 is 6.16. The topological polar surface area (TPSA) is 93.5 Å². The molecule has 0 unspecified atom stereocenters. The third-order valence-electron chi connectivity index (χ3n) is 4.46. The molecule has 0 fully saturated rings. The molecular weight excluding hydrogens is 408 g/mol. The molecule has 1 amide bonds. The van der Waals surface area contributed by atoms with Crippen LogP contribution in [-0.4, -0.2) is 40.1 Å². The van der Waals surface area contributed by atoms with Crippen molar-refractivity contribution in [1.29, 1.82) is 0 Å². The molecule has 2 aromatic carbocycles. The fourth-order valence-electron chi connectivity index (χ4n) is 2.93. The maximum absolute atomic E-state index is 12.7. The van der Waals surface area contributed by atoms with E-state index in [2.05, 4.69) is 15.1 Å². The van der Waals surface area contributed by atoms with Crippen LogP contribution in [0.15, 0.2) is 53.1 Å². The highest BCUT2D eigenvalue weighted by atomic mass is 35.5. The normalized spacial score (nSPS) is 10.9. The maximum atomic E-state index is 12.7. The lowest BCUT2D eigenvalue weighted by Crippen LogP contribution is -2.27. The highest BCUT2D eigenvalue weighted by Crippen LogP contribution is 2.29. The highest BCUT2D eigenvalue weighted by Gasteiger charge is 2.19. The molecular formula is C21H19ClN4O4. The fourth-order valence-corrected chi connectivity index (χ4v) is 3.15. The molecule has 8 nitrogen and oxygen atoms in total. The molecule has 154 valence electrons. The number of nitrogens with one attached hydrogen (secondary N) is 1. The Balaban J connectivity index is 1.38. The minimum atomic E-state index is -0.284. The minimum absolute atomic E-state index is 0.0830. The smallest absolute Gasteiger partial charge is 0.276 e. The summed E-state index contributed by atoms with van der Waals surface area (Å²) in [6.45, 7) is 0.396. The summed E-state index contributed by atoms with van der Waals surface area (Å²) in [7, 11) is 3.24. The van der Waals surface area contributed by atoms with Crippen molar-refractivity contribution >= 4 is 28.5 Å². The van der Waals surface area contributed by atoms with Gasteiger partial charge in [-0.1, -0.05) is 28.9 Å². The van der Waals surface area contributed by atoms with Crippen LogP contribution in [0.1, 0.15) is 22.1 Å². The van der Waals surface area contributed by atoms with Gasteiger partial charge in [-0.25, -0.2) is 4.98 Å². The van der Waals surface area contributed by atoms with Crippen LogP contribution in [0, 0.1) is 0 Å². The van der Waals surface area contributed by atoms with E-state index in [9.17, 15) is 4.79 Å². The molecule has 30 heavy (non-hydrogen) atoms. The first kappa shape index (κ1) is 19.8. The van der Waals surface area contributed by atoms with Crippen LogP contribution in [0.2, 0.25) is 5.02 Å². The van der Waals surface area contributed by atoms with Gasteiger partial charge in [-0.3, -0.25) is 4.79 Å². The van der Waals surface area contributed by atoms with E-state index in [4.69, 9.17) is 25.6 Å². The number of aromatic nitrogens is 3.